The van der Waals surface area contributed by atoms with Gasteiger partial charge in [0.25, 0.3) is 0 Å². The molecule has 0 amide bonds. The lowest BCUT2D eigenvalue weighted by molar-refractivity contribution is 0.766. The third kappa shape index (κ3) is 1.86. The molecule has 0 radical (unpaired) electrons. The van der Waals surface area contributed by atoms with E-state index in [1.165, 1.54) is 0 Å². The zero-order valence-electron chi connectivity index (χ0n) is 9.94. The van der Waals surface area contributed by atoms with E-state index in [0.717, 1.165) is 22.6 Å². The SMILES string of the molecule is Cc1cc(C)n(-c2ccccc2[C@H](C)N)n1. The van der Waals surface area contributed by atoms with Crippen LogP contribution in [0.3, 0.4) is 0 Å². The van der Waals surface area contributed by atoms with Crippen LogP contribution in [0.2, 0.25) is 0 Å². The van der Waals surface area contributed by atoms with Crippen LogP contribution in [-0.4, -0.2) is 9.78 Å². The van der Waals surface area contributed by atoms with E-state index in [1.807, 2.05) is 30.7 Å². The van der Waals surface area contributed by atoms with Crippen molar-refractivity contribution in [3.8, 4) is 5.69 Å². The zero-order valence-corrected chi connectivity index (χ0v) is 9.94. The molecule has 0 aliphatic heterocycles. The van der Waals surface area contributed by atoms with Crippen LogP contribution in [0.25, 0.3) is 5.69 Å². The summed E-state index contributed by atoms with van der Waals surface area (Å²) in [5, 5.41) is 4.48. The molecule has 0 bridgehead atoms. The minimum atomic E-state index is 0.0140. The van der Waals surface area contributed by atoms with E-state index in [9.17, 15) is 0 Å². The fourth-order valence-corrected chi connectivity index (χ4v) is 1.94. The summed E-state index contributed by atoms with van der Waals surface area (Å²) in [4.78, 5) is 0. The quantitative estimate of drug-likeness (QED) is 0.836. The zero-order chi connectivity index (χ0) is 11.7. The van der Waals surface area contributed by atoms with Gasteiger partial charge in [-0.05, 0) is 38.5 Å². The van der Waals surface area contributed by atoms with E-state index < -0.39 is 0 Å². The molecule has 1 heterocycles. The number of benzene rings is 1. The number of hydrogen-bond acceptors (Lipinski definition) is 2. The maximum Gasteiger partial charge on any atom is 0.0696 e. The van der Waals surface area contributed by atoms with Gasteiger partial charge in [0.1, 0.15) is 0 Å². The molecule has 84 valence electrons. The third-order valence-electron chi connectivity index (χ3n) is 2.67. The van der Waals surface area contributed by atoms with Gasteiger partial charge in [0.15, 0.2) is 0 Å². The van der Waals surface area contributed by atoms with Gasteiger partial charge in [0, 0.05) is 11.7 Å². The Morgan fingerprint density at radius 1 is 1.25 bits per heavy atom. The van der Waals surface area contributed by atoms with Gasteiger partial charge < -0.3 is 5.73 Å². The van der Waals surface area contributed by atoms with Crippen LogP contribution in [-0.2, 0) is 0 Å². The fraction of sp³-hybridized carbons (Fsp3) is 0.308. The Morgan fingerprint density at radius 3 is 2.50 bits per heavy atom. The summed E-state index contributed by atoms with van der Waals surface area (Å²) in [6.45, 7) is 6.04. The maximum atomic E-state index is 5.97. The van der Waals surface area contributed by atoms with Crippen molar-refractivity contribution in [2.24, 2.45) is 5.73 Å². The van der Waals surface area contributed by atoms with Gasteiger partial charge in [0.2, 0.25) is 0 Å². The monoisotopic (exact) mass is 215 g/mol. The molecule has 16 heavy (non-hydrogen) atoms. The molecule has 0 aliphatic rings. The van der Waals surface area contributed by atoms with E-state index in [1.54, 1.807) is 0 Å². The lowest BCUT2D eigenvalue weighted by atomic mass is 10.1. The molecule has 1 atom stereocenters. The highest BCUT2D eigenvalue weighted by Gasteiger charge is 2.10. The molecular weight excluding hydrogens is 198 g/mol. The molecule has 0 saturated heterocycles. The number of nitrogens with two attached hydrogens (primary N) is 1. The number of para-hydroxylation sites is 1. The second-order valence-electron chi connectivity index (χ2n) is 4.19. The van der Waals surface area contributed by atoms with Gasteiger partial charge in [-0.25, -0.2) is 4.68 Å². The molecule has 3 heteroatoms. The Bertz CT molecular complexity index is 498. The Hall–Kier alpha value is -1.61. The summed E-state index contributed by atoms with van der Waals surface area (Å²) < 4.78 is 1.95. The van der Waals surface area contributed by atoms with Gasteiger partial charge in [-0.15, -0.1) is 0 Å². The summed E-state index contributed by atoms with van der Waals surface area (Å²) in [5.74, 6) is 0. The summed E-state index contributed by atoms with van der Waals surface area (Å²) >= 11 is 0. The third-order valence-corrected chi connectivity index (χ3v) is 2.67. The van der Waals surface area contributed by atoms with Crippen LogP contribution >= 0.6 is 0 Å². The molecule has 0 unspecified atom stereocenters. The van der Waals surface area contributed by atoms with E-state index in [4.69, 9.17) is 5.73 Å². The highest BCUT2D eigenvalue weighted by Crippen LogP contribution is 2.21. The van der Waals surface area contributed by atoms with Crippen LogP contribution < -0.4 is 5.73 Å². The molecule has 0 spiro atoms. The standard InChI is InChI=1S/C13H17N3/c1-9-8-10(2)16(15-9)13-7-5-4-6-12(13)11(3)14/h4-8,11H,14H2,1-3H3/t11-/m0/s1. The van der Waals surface area contributed by atoms with Crippen molar-refractivity contribution in [1.82, 2.24) is 9.78 Å². The minimum absolute atomic E-state index is 0.0140. The highest BCUT2D eigenvalue weighted by molar-refractivity contribution is 5.43. The molecule has 2 rings (SSSR count). The van der Waals surface area contributed by atoms with Crippen LogP contribution in [0.5, 0.6) is 0 Å². The number of aromatic nitrogens is 2. The fourth-order valence-electron chi connectivity index (χ4n) is 1.94. The first kappa shape index (κ1) is 10.9. The van der Waals surface area contributed by atoms with Crippen LogP contribution in [0.15, 0.2) is 30.3 Å². The first-order valence-corrected chi connectivity index (χ1v) is 5.47. The summed E-state index contributed by atoms with van der Waals surface area (Å²) in [5.41, 5.74) is 10.3. The molecule has 3 nitrogen and oxygen atoms in total. The van der Waals surface area contributed by atoms with Gasteiger partial charge >= 0.3 is 0 Å². The number of aryl methyl sites for hydroxylation is 2. The lowest BCUT2D eigenvalue weighted by Crippen LogP contribution is -2.11. The summed E-state index contributed by atoms with van der Waals surface area (Å²) in [7, 11) is 0. The molecule has 0 saturated carbocycles. The largest absolute Gasteiger partial charge is 0.324 e. The van der Waals surface area contributed by atoms with E-state index in [-0.39, 0.29) is 6.04 Å². The van der Waals surface area contributed by atoms with Gasteiger partial charge in [0.05, 0.1) is 11.4 Å². The molecule has 0 aliphatic carbocycles. The maximum absolute atomic E-state index is 5.97. The minimum Gasteiger partial charge on any atom is -0.324 e. The molecule has 1 aromatic heterocycles. The second kappa shape index (κ2) is 4.10. The molecule has 2 N–H and O–H groups in total. The summed E-state index contributed by atoms with van der Waals surface area (Å²) in [6, 6.07) is 10.2. The van der Waals surface area contributed by atoms with Crippen molar-refractivity contribution in [1.29, 1.82) is 0 Å². The van der Waals surface area contributed by atoms with Gasteiger partial charge in [-0.1, -0.05) is 18.2 Å². The second-order valence-corrected chi connectivity index (χ2v) is 4.19. The molecule has 2 aromatic rings. The van der Waals surface area contributed by atoms with Crippen molar-refractivity contribution in [2.75, 3.05) is 0 Å². The van der Waals surface area contributed by atoms with E-state index >= 15 is 0 Å². The topological polar surface area (TPSA) is 43.8 Å². The van der Waals surface area contributed by atoms with Gasteiger partial charge in [-0.2, -0.15) is 5.10 Å². The van der Waals surface area contributed by atoms with Crippen LogP contribution in [0, 0.1) is 13.8 Å². The average Bonchev–Trinajstić information content (AvgIpc) is 2.57. The predicted octanol–water partition coefficient (Wildman–Crippen LogP) is 2.51. The predicted molar refractivity (Wildman–Crippen MR) is 65.6 cm³/mol. The Kier molecular flexibility index (Phi) is 2.79. The molecular formula is C13H17N3. The smallest absolute Gasteiger partial charge is 0.0696 e. The van der Waals surface area contributed by atoms with Crippen molar-refractivity contribution < 1.29 is 0 Å². The Morgan fingerprint density at radius 2 is 1.94 bits per heavy atom. The van der Waals surface area contributed by atoms with Crippen molar-refractivity contribution in [3.63, 3.8) is 0 Å². The summed E-state index contributed by atoms with van der Waals surface area (Å²) in [6.07, 6.45) is 0. The highest BCUT2D eigenvalue weighted by atomic mass is 15.3. The first-order chi connectivity index (χ1) is 7.59. The first-order valence-electron chi connectivity index (χ1n) is 5.47. The number of nitrogens with zero attached hydrogens (tertiary/aromatic N) is 2. The van der Waals surface area contributed by atoms with E-state index in [2.05, 4.69) is 30.2 Å². The normalized spacial score (nSPS) is 12.8. The number of hydrogen-bond donors (Lipinski definition) is 1. The number of rotatable bonds is 2. The lowest BCUT2D eigenvalue weighted by Gasteiger charge is -2.13. The van der Waals surface area contributed by atoms with Crippen LogP contribution in [0.1, 0.15) is 29.9 Å². The van der Waals surface area contributed by atoms with Gasteiger partial charge in [-0.3, -0.25) is 0 Å². The Labute approximate surface area is 95.9 Å². The Balaban J connectivity index is 2.59. The molecule has 1 aromatic carbocycles. The molecule has 0 fully saturated rings. The van der Waals surface area contributed by atoms with Crippen molar-refractivity contribution in [3.05, 3.63) is 47.3 Å². The van der Waals surface area contributed by atoms with Crippen molar-refractivity contribution in [2.45, 2.75) is 26.8 Å². The van der Waals surface area contributed by atoms with Crippen molar-refractivity contribution >= 4 is 0 Å². The van der Waals surface area contributed by atoms with Crippen LogP contribution in [0.4, 0.5) is 0 Å². The van der Waals surface area contributed by atoms with E-state index in [0.29, 0.717) is 0 Å². The average molecular weight is 215 g/mol.